The van der Waals surface area contributed by atoms with Gasteiger partial charge in [-0.15, -0.1) is 0 Å². The highest BCUT2D eigenvalue weighted by molar-refractivity contribution is 6.04. The van der Waals surface area contributed by atoms with Crippen molar-refractivity contribution >= 4 is 23.8 Å². The Hall–Kier alpha value is -3.42. The number of hydrogen-bond donors (Lipinski definition) is 1. The van der Waals surface area contributed by atoms with Crippen LogP contribution in [0.5, 0.6) is 0 Å². The maximum Gasteiger partial charge on any atom is 0.338 e. The van der Waals surface area contributed by atoms with Crippen LogP contribution in [-0.4, -0.2) is 42.0 Å². The molecular formula is C17H16N2O6. The molecule has 0 bridgehead atoms. The van der Waals surface area contributed by atoms with E-state index >= 15 is 0 Å². The normalized spacial score (nSPS) is 10.0. The van der Waals surface area contributed by atoms with E-state index in [0.717, 1.165) is 0 Å². The largest absolute Gasteiger partial charge is 0.465 e. The average molecular weight is 344 g/mol. The van der Waals surface area contributed by atoms with E-state index in [4.69, 9.17) is 4.74 Å². The summed E-state index contributed by atoms with van der Waals surface area (Å²) in [7, 11) is 2.91. The standard InChI is InChI=1S/C17H16N2O6/c1-19-9-3-4-13(19)15(21)18-14(20)10-25-17(23)12-7-5-11(6-8-12)16(22)24-2/h3-9H,10H2,1-2H3,(H,18,20,21). The maximum absolute atomic E-state index is 11.9. The summed E-state index contributed by atoms with van der Waals surface area (Å²) in [6.07, 6.45) is 1.66. The van der Waals surface area contributed by atoms with Gasteiger partial charge in [-0.2, -0.15) is 0 Å². The van der Waals surface area contributed by atoms with Gasteiger partial charge in [-0.05, 0) is 36.4 Å². The summed E-state index contributed by atoms with van der Waals surface area (Å²) >= 11 is 0. The van der Waals surface area contributed by atoms with E-state index in [1.54, 1.807) is 29.9 Å². The Morgan fingerprint density at radius 3 is 2.12 bits per heavy atom. The van der Waals surface area contributed by atoms with E-state index in [9.17, 15) is 19.2 Å². The van der Waals surface area contributed by atoms with Crippen LogP contribution in [0.3, 0.4) is 0 Å². The van der Waals surface area contributed by atoms with Crippen molar-refractivity contribution in [2.24, 2.45) is 7.05 Å². The lowest BCUT2D eigenvalue weighted by molar-refractivity contribution is -0.123. The highest BCUT2D eigenvalue weighted by Crippen LogP contribution is 2.07. The van der Waals surface area contributed by atoms with E-state index in [1.165, 1.54) is 31.4 Å². The number of esters is 2. The lowest BCUT2D eigenvalue weighted by Gasteiger charge is -2.07. The Kier molecular flexibility index (Phi) is 5.67. The van der Waals surface area contributed by atoms with Crippen LogP contribution in [0.2, 0.25) is 0 Å². The van der Waals surface area contributed by atoms with Gasteiger partial charge >= 0.3 is 11.9 Å². The predicted molar refractivity (Wildman–Crippen MR) is 86.0 cm³/mol. The lowest BCUT2D eigenvalue weighted by atomic mass is 10.1. The van der Waals surface area contributed by atoms with Gasteiger partial charge in [0.1, 0.15) is 5.69 Å². The Morgan fingerprint density at radius 2 is 1.60 bits per heavy atom. The summed E-state index contributed by atoms with van der Waals surface area (Å²) in [5.41, 5.74) is 0.747. The molecule has 8 nitrogen and oxygen atoms in total. The second-order valence-corrected chi connectivity index (χ2v) is 5.03. The van der Waals surface area contributed by atoms with Crippen LogP contribution in [0, 0.1) is 0 Å². The molecule has 8 heteroatoms. The van der Waals surface area contributed by atoms with Crippen molar-refractivity contribution in [3.63, 3.8) is 0 Å². The van der Waals surface area contributed by atoms with Gasteiger partial charge in [0.25, 0.3) is 11.8 Å². The Balaban J connectivity index is 1.87. The van der Waals surface area contributed by atoms with Crippen molar-refractivity contribution in [2.75, 3.05) is 13.7 Å². The molecule has 1 heterocycles. The monoisotopic (exact) mass is 344 g/mol. The Bertz CT molecular complexity index is 807. The first kappa shape index (κ1) is 17.9. The van der Waals surface area contributed by atoms with Gasteiger partial charge in [-0.25, -0.2) is 9.59 Å². The number of nitrogens with one attached hydrogen (secondary N) is 1. The molecule has 0 spiro atoms. The van der Waals surface area contributed by atoms with Gasteiger partial charge in [0.15, 0.2) is 6.61 Å². The van der Waals surface area contributed by atoms with Crippen molar-refractivity contribution in [2.45, 2.75) is 0 Å². The number of ether oxygens (including phenoxy) is 2. The molecule has 1 N–H and O–H groups in total. The molecule has 0 radical (unpaired) electrons. The zero-order chi connectivity index (χ0) is 18.4. The van der Waals surface area contributed by atoms with E-state index in [2.05, 4.69) is 10.1 Å². The van der Waals surface area contributed by atoms with Gasteiger partial charge in [0.2, 0.25) is 0 Å². The molecule has 0 aliphatic carbocycles. The van der Waals surface area contributed by atoms with E-state index in [-0.39, 0.29) is 11.1 Å². The van der Waals surface area contributed by atoms with E-state index < -0.39 is 30.4 Å². The van der Waals surface area contributed by atoms with Crippen molar-refractivity contribution in [1.29, 1.82) is 0 Å². The maximum atomic E-state index is 11.9. The Labute approximate surface area is 143 Å². The summed E-state index contributed by atoms with van der Waals surface area (Å²) in [6, 6.07) is 8.78. The predicted octanol–water partition coefficient (Wildman–Crippen LogP) is 0.925. The molecule has 1 aromatic carbocycles. The molecule has 0 aliphatic heterocycles. The number of methoxy groups -OCH3 is 1. The van der Waals surface area contributed by atoms with Crippen LogP contribution >= 0.6 is 0 Å². The summed E-state index contributed by atoms with van der Waals surface area (Å²) in [5.74, 6) is -2.61. The molecule has 0 unspecified atom stereocenters. The molecule has 0 fully saturated rings. The first-order valence-electron chi connectivity index (χ1n) is 7.23. The molecule has 2 aromatic rings. The molecule has 0 saturated heterocycles. The van der Waals surface area contributed by atoms with Crippen LogP contribution in [0.1, 0.15) is 31.2 Å². The zero-order valence-corrected chi connectivity index (χ0v) is 13.6. The number of rotatable bonds is 5. The van der Waals surface area contributed by atoms with Crippen LogP contribution in [-0.2, 0) is 21.3 Å². The van der Waals surface area contributed by atoms with E-state index in [1.807, 2.05) is 0 Å². The number of hydrogen-bond acceptors (Lipinski definition) is 6. The topological polar surface area (TPSA) is 104 Å². The van der Waals surface area contributed by atoms with Crippen LogP contribution in [0.15, 0.2) is 42.6 Å². The third-order valence-electron chi connectivity index (χ3n) is 3.31. The minimum absolute atomic E-state index is 0.161. The Morgan fingerprint density at radius 1 is 1.00 bits per heavy atom. The average Bonchev–Trinajstić information content (AvgIpc) is 3.05. The second kappa shape index (κ2) is 7.91. The number of aromatic nitrogens is 1. The summed E-state index contributed by atoms with van der Waals surface area (Å²) in [6.45, 7) is -0.603. The number of imide groups is 1. The first-order valence-corrected chi connectivity index (χ1v) is 7.23. The molecule has 25 heavy (non-hydrogen) atoms. The molecule has 0 atom stereocenters. The van der Waals surface area contributed by atoms with Crippen molar-refractivity contribution in [1.82, 2.24) is 9.88 Å². The first-order chi connectivity index (χ1) is 11.9. The van der Waals surface area contributed by atoms with Gasteiger partial charge in [-0.3, -0.25) is 14.9 Å². The van der Waals surface area contributed by atoms with Gasteiger partial charge in [-0.1, -0.05) is 0 Å². The van der Waals surface area contributed by atoms with Gasteiger partial charge < -0.3 is 14.0 Å². The lowest BCUT2D eigenvalue weighted by Crippen LogP contribution is -2.35. The molecule has 0 saturated carbocycles. The van der Waals surface area contributed by atoms with Crippen LogP contribution in [0.4, 0.5) is 0 Å². The number of nitrogens with zero attached hydrogens (tertiary/aromatic N) is 1. The third kappa shape index (κ3) is 4.54. The van der Waals surface area contributed by atoms with Crippen molar-refractivity contribution in [3.05, 3.63) is 59.4 Å². The zero-order valence-electron chi connectivity index (χ0n) is 13.6. The molecule has 2 rings (SSSR count). The number of carbonyl (C=O) groups is 4. The fourth-order valence-electron chi connectivity index (χ4n) is 2.00. The highest BCUT2D eigenvalue weighted by Gasteiger charge is 2.15. The fourth-order valence-corrected chi connectivity index (χ4v) is 2.00. The molecule has 1 aromatic heterocycles. The van der Waals surface area contributed by atoms with Gasteiger partial charge in [0.05, 0.1) is 18.2 Å². The highest BCUT2D eigenvalue weighted by atomic mass is 16.5. The smallest absolute Gasteiger partial charge is 0.338 e. The fraction of sp³-hybridized carbons (Fsp3) is 0.176. The van der Waals surface area contributed by atoms with Crippen molar-refractivity contribution < 1.29 is 28.7 Å². The van der Waals surface area contributed by atoms with E-state index in [0.29, 0.717) is 5.69 Å². The number of aryl methyl sites for hydroxylation is 1. The summed E-state index contributed by atoms with van der Waals surface area (Å²) in [5, 5.41) is 2.12. The molecule has 130 valence electrons. The summed E-state index contributed by atoms with van der Waals surface area (Å²) < 4.78 is 10.9. The van der Waals surface area contributed by atoms with Crippen molar-refractivity contribution in [3.8, 4) is 0 Å². The quantitative estimate of drug-likeness (QED) is 0.809. The molecule has 2 amide bonds. The van der Waals surface area contributed by atoms with Gasteiger partial charge in [0, 0.05) is 13.2 Å². The number of benzene rings is 1. The number of carbonyl (C=O) groups excluding carboxylic acids is 4. The minimum atomic E-state index is -0.752. The summed E-state index contributed by atoms with van der Waals surface area (Å²) in [4.78, 5) is 46.7. The number of amides is 2. The minimum Gasteiger partial charge on any atom is -0.465 e. The molecular weight excluding hydrogens is 328 g/mol. The molecule has 0 aliphatic rings. The SMILES string of the molecule is COC(=O)c1ccc(C(=O)OCC(=O)NC(=O)c2cccn2C)cc1. The van der Waals surface area contributed by atoms with Crippen LogP contribution < -0.4 is 5.32 Å². The van der Waals surface area contributed by atoms with Crippen LogP contribution in [0.25, 0.3) is 0 Å². The third-order valence-corrected chi connectivity index (χ3v) is 3.31. The second-order valence-electron chi connectivity index (χ2n) is 5.03.